The fourth-order valence-electron chi connectivity index (χ4n) is 2.08. The highest BCUT2D eigenvalue weighted by atomic mass is 14.9. The van der Waals surface area contributed by atoms with Gasteiger partial charge in [-0.15, -0.1) is 0 Å². The standard InChI is InChI=1S/C17H29N/c1-13(2)17(6,12-18-14(3)4)11-16-9-7-15(5)8-10-16/h7-10,13-14,18H,11-12H2,1-6H3. The van der Waals surface area contributed by atoms with E-state index in [1.807, 2.05) is 0 Å². The van der Waals surface area contributed by atoms with E-state index in [2.05, 4.69) is 71.1 Å². The first-order chi connectivity index (χ1) is 8.33. The molecule has 0 aliphatic rings. The van der Waals surface area contributed by atoms with E-state index in [1.165, 1.54) is 11.1 Å². The van der Waals surface area contributed by atoms with E-state index in [0.717, 1.165) is 13.0 Å². The molecule has 0 spiro atoms. The fraction of sp³-hybridized carbons (Fsp3) is 0.647. The van der Waals surface area contributed by atoms with Crippen LogP contribution in [0.5, 0.6) is 0 Å². The van der Waals surface area contributed by atoms with Gasteiger partial charge in [0.05, 0.1) is 0 Å². The molecule has 1 heteroatoms. The maximum absolute atomic E-state index is 3.60. The van der Waals surface area contributed by atoms with Gasteiger partial charge in [0.25, 0.3) is 0 Å². The second-order valence-corrected chi connectivity index (χ2v) is 6.51. The van der Waals surface area contributed by atoms with E-state index in [-0.39, 0.29) is 0 Å². The summed E-state index contributed by atoms with van der Waals surface area (Å²) >= 11 is 0. The van der Waals surface area contributed by atoms with Crippen molar-refractivity contribution in [3.63, 3.8) is 0 Å². The molecular weight excluding hydrogens is 218 g/mol. The predicted octanol–water partition coefficient (Wildman–Crippen LogP) is 4.20. The predicted molar refractivity (Wildman–Crippen MR) is 81.0 cm³/mol. The van der Waals surface area contributed by atoms with Crippen molar-refractivity contribution in [2.45, 2.75) is 54.0 Å². The average molecular weight is 247 g/mol. The summed E-state index contributed by atoms with van der Waals surface area (Å²) in [5.74, 6) is 0.671. The lowest BCUT2D eigenvalue weighted by Gasteiger charge is -2.35. The normalized spacial score (nSPS) is 15.1. The van der Waals surface area contributed by atoms with Gasteiger partial charge >= 0.3 is 0 Å². The SMILES string of the molecule is Cc1ccc(CC(C)(CNC(C)C)C(C)C)cc1. The lowest BCUT2D eigenvalue weighted by Crippen LogP contribution is -2.40. The van der Waals surface area contributed by atoms with Crippen molar-refractivity contribution in [3.8, 4) is 0 Å². The van der Waals surface area contributed by atoms with E-state index in [4.69, 9.17) is 0 Å². The maximum atomic E-state index is 3.60. The summed E-state index contributed by atoms with van der Waals surface area (Å²) in [6.45, 7) is 14.7. The summed E-state index contributed by atoms with van der Waals surface area (Å²) in [7, 11) is 0. The van der Waals surface area contributed by atoms with Crippen molar-refractivity contribution in [2.24, 2.45) is 11.3 Å². The first kappa shape index (κ1) is 15.2. The summed E-state index contributed by atoms with van der Waals surface area (Å²) in [6.07, 6.45) is 1.14. The molecule has 102 valence electrons. The summed E-state index contributed by atoms with van der Waals surface area (Å²) in [5.41, 5.74) is 3.10. The van der Waals surface area contributed by atoms with Crippen LogP contribution in [0.4, 0.5) is 0 Å². The molecule has 0 aromatic heterocycles. The van der Waals surface area contributed by atoms with Gasteiger partial charge in [0.1, 0.15) is 0 Å². The van der Waals surface area contributed by atoms with Crippen molar-refractivity contribution in [3.05, 3.63) is 35.4 Å². The van der Waals surface area contributed by atoms with Crippen LogP contribution in [0.25, 0.3) is 0 Å². The molecule has 0 heterocycles. The van der Waals surface area contributed by atoms with Crippen LogP contribution < -0.4 is 5.32 Å². The van der Waals surface area contributed by atoms with Crippen molar-refractivity contribution < 1.29 is 0 Å². The van der Waals surface area contributed by atoms with E-state index in [1.54, 1.807) is 0 Å². The molecule has 0 saturated carbocycles. The van der Waals surface area contributed by atoms with Crippen LogP contribution >= 0.6 is 0 Å². The van der Waals surface area contributed by atoms with Gasteiger partial charge in [-0.1, -0.05) is 64.4 Å². The largest absolute Gasteiger partial charge is 0.314 e. The zero-order valence-corrected chi connectivity index (χ0v) is 12.9. The molecule has 0 bridgehead atoms. The Hall–Kier alpha value is -0.820. The molecule has 1 N–H and O–H groups in total. The fourth-order valence-corrected chi connectivity index (χ4v) is 2.08. The van der Waals surface area contributed by atoms with Gasteiger partial charge in [0.15, 0.2) is 0 Å². The third kappa shape index (κ3) is 4.45. The molecule has 0 aliphatic carbocycles. The number of hydrogen-bond donors (Lipinski definition) is 1. The van der Waals surface area contributed by atoms with Crippen LogP contribution in [0.3, 0.4) is 0 Å². The van der Waals surface area contributed by atoms with Gasteiger partial charge in [-0.2, -0.15) is 0 Å². The van der Waals surface area contributed by atoms with Gasteiger partial charge in [0, 0.05) is 12.6 Å². The Morgan fingerprint density at radius 3 is 2.06 bits per heavy atom. The minimum atomic E-state index is 0.319. The van der Waals surface area contributed by atoms with E-state index < -0.39 is 0 Å². The highest BCUT2D eigenvalue weighted by molar-refractivity contribution is 5.22. The average Bonchev–Trinajstić information content (AvgIpc) is 2.29. The first-order valence-electron chi connectivity index (χ1n) is 7.12. The lowest BCUT2D eigenvalue weighted by molar-refractivity contribution is 0.202. The molecule has 0 saturated heterocycles. The molecule has 1 unspecified atom stereocenters. The van der Waals surface area contributed by atoms with Crippen LogP contribution in [0.15, 0.2) is 24.3 Å². The molecule has 18 heavy (non-hydrogen) atoms. The summed E-state index contributed by atoms with van der Waals surface area (Å²) < 4.78 is 0. The highest BCUT2D eigenvalue weighted by Crippen LogP contribution is 2.31. The highest BCUT2D eigenvalue weighted by Gasteiger charge is 2.28. The second-order valence-electron chi connectivity index (χ2n) is 6.51. The van der Waals surface area contributed by atoms with E-state index in [0.29, 0.717) is 17.4 Å². The van der Waals surface area contributed by atoms with Gasteiger partial charge in [-0.25, -0.2) is 0 Å². The Bertz CT molecular complexity index is 350. The minimum Gasteiger partial charge on any atom is -0.314 e. The zero-order valence-electron chi connectivity index (χ0n) is 12.9. The Balaban J connectivity index is 2.75. The van der Waals surface area contributed by atoms with Crippen LogP contribution in [0, 0.1) is 18.3 Å². The summed E-state index contributed by atoms with van der Waals surface area (Å²) in [6, 6.07) is 9.52. The third-order valence-electron chi connectivity index (χ3n) is 4.04. The third-order valence-corrected chi connectivity index (χ3v) is 4.04. The van der Waals surface area contributed by atoms with Crippen LogP contribution in [-0.4, -0.2) is 12.6 Å². The van der Waals surface area contributed by atoms with E-state index >= 15 is 0 Å². The number of nitrogens with one attached hydrogen (secondary N) is 1. The van der Waals surface area contributed by atoms with E-state index in [9.17, 15) is 0 Å². The number of aryl methyl sites for hydroxylation is 1. The first-order valence-corrected chi connectivity index (χ1v) is 7.12. The van der Waals surface area contributed by atoms with Crippen molar-refractivity contribution in [1.82, 2.24) is 5.32 Å². The van der Waals surface area contributed by atoms with Crippen LogP contribution in [0.1, 0.15) is 45.7 Å². The Labute approximate surface area is 113 Å². The topological polar surface area (TPSA) is 12.0 Å². The quantitative estimate of drug-likeness (QED) is 0.794. The molecule has 1 aromatic rings. The molecule has 0 aliphatic heterocycles. The molecule has 1 nitrogen and oxygen atoms in total. The summed E-state index contributed by atoms with van der Waals surface area (Å²) in [4.78, 5) is 0. The Morgan fingerprint density at radius 1 is 1.06 bits per heavy atom. The van der Waals surface area contributed by atoms with Crippen molar-refractivity contribution in [1.29, 1.82) is 0 Å². The smallest absolute Gasteiger partial charge is 0.00132 e. The number of benzene rings is 1. The molecule has 1 rings (SSSR count). The van der Waals surface area contributed by atoms with Crippen LogP contribution in [-0.2, 0) is 6.42 Å². The molecule has 0 radical (unpaired) electrons. The number of hydrogen-bond acceptors (Lipinski definition) is 1. The monoisotopic (exact) mass is 247 g/mol. The van der Waals surface area contributed by atoms with Gasteiger partial charge < -0.3 is 5.32 Å². The van der Waals surface area contributed by atoms with Crippen molar-refractivity contribution >= 4 is 0 Å². The zero-order chi connectivity index (χ0) is 13.8. The molecule has 0 fully saturated rings. The molecule has 0 amide bonds. The van der Waals surface area contributed by atoms with Crippen molar-refractivity contribution in [2.75, 3.05) is 6.54 Å². The molecule has 1 aromatic carbocycles. The Kier molecular flexibility index (Phi) is 5.40. The minimum absolute atomic E-state index is 0.319. The van der Waals surface area contributed by atoms with Gasteiger partial charge in [-0.05, 0) is 30.2 Å². The molecular formula is C17H29N. The van der Waals surface area contributed by atoms with Gasteiger partial charge in [-0.3, -0.25) is 0 Å². The maximum Gasteiger partial charge on any atom is 0.00132 e. The second kappa shape index (κ2) is 6.38. The number of rotatable bonds is 6. The van der Waals surface area contributed by atoms with Gasteiger partial charge in [0.2, 0.25) is 0 Å². The summed E-state index contributed by atoms with van der Waals surface area (Å²) in [5, 5.41) is 3.60. The lowest BCUT2D eigenvalue weighted by atomic mass is 9.74. The molecule has 1 atom stereocenters. The van der Waals surface area contributed by atoms with Crippen LogP contribution in [0.2, 0.25) is 0 Å². The Morgan fingerprint density at radius 2 is 1.61 bits per heavy atom.